The van der Waals surface area contributed by atoms with Crippen LogP contribution < -0.4 is 5.32 Å². The lowest BCUT2D eigenvalue weighted by molar-refractivity contribution is 0.102. The van der Waals surface area contributed by atoms with Gasteiger partial charge >= 0.3 is 0 Å². The van der Waals surface area contributed by atoms with Crippen molar-refractivity contribution < 1.29 is 13.6 Å². The smallest absolute Gasteiger partial charge is 0.258 e. The number of carbonyl (C=O) groups excluding carboxylic acids is 1. The Morgan fingerprint density at radius 3 is 2.52 bits per heavy atom. The van der Waals surface area contributed by atoms with Crippen molar-refractivity contribution in [3.63, 3.8) is 0 Å². The van der Waals surface area contributed by atoms with Gasteiger partial charge in [-0.1, -0.05) is 11.6 Å². The molecular formula is C16H11ClFN3O2. The van der Waals surface area contributed by atoms with Gasteiger partial charge in [0.25, 0.3) is 5.91 Å². The molecule has 0 fully saturated rings. The van der Waals surface area contributed by atoms with Crippen molar-refractivity contribution in [2.45, 2.75) is 6.92 Å². The van der Waals surface area contributed by atoms with E-state index in [2.05, 4.69) is 15.5 Å². The molecule has 1 heterocycles. The zero-order valence-electron chi connectivity index (χ0n) is 12.0. The number of nitrogens with one attached hydrogen (secondary N) is 1. The average molecular weight is 332 g/mol. The molecule has 0 unspecified atom stereocenters. The third-order valence-electron chi connectivity index (χ3n) is 3.09. The van der Waals surface area contributed by atoms with Crippen LogP contribution in [0.2, 0.25) is 5.02 Å². The molecular weight excluding hydrogens is 321 g/mol. The molecule has 0 aliphatic heterocycles. The topological polar surface area (TPSA) is 68.0 Å². The fourth-order valence-electron chi connectivity index (χ4n) is 1.98. The summed E-state index contributed by atoms with van der Waals surface area (Å²) in [6.07, 6.45) is 0. The van der Waals surface area contributed by atoms with Crippen molar-refractivity contribution in [2.75, 3.05) is 5.32 Å². The summed E-state index contributed by atoms with van der Waals surface area (Å²) in [6, 6.07) is 10.7. The zero-order chi connectivity index (χ0) is 16.4. The van der Waals surface area contributed by atoms with Gasteiger partial charge < -0.3 is 9.73 Å². The molecule has 0 aliphatic carbocycles. The Kier molecular flexibility index (Phi) is 4.08. The first-order chi connectivity index (χ1) is 11.0. The second-order valence-electron chi connectivity index (χ2n) is 4.78. The molecule has 1 aromatic heterocycles. The van der Waals surface area contributed by atoms with Crippen LogP contribution in [0.15, 0.2) is 46.9 Å². The lowest BCUT2D eigenvalue weighted by Crippen LogP contribution is -2.13. The molecule has 23 heavy (non-hydrogen) atoms. The maximum atomic E-state index is 13.7. The quantitative estimate of drug-likeness (QED) is 0.785. The van der Waals surface area contributed by atoms with Crippen LogP contribution in [0.25, 0.3) is 11.5 Å². The van der Waals surface area contributed by atoms with Gasteiger partial charge in [0.1, 0.15) is 5.82 Å². The number of rotatable bonds is 3. The van der Waals surface area contributed by atoms with E-state index >= 15 is 0 Å². The van der Waals surface area contributed by atoms with Gasteiger partial charge in [0.2, 0.25) is 11.8 Å². The normalized spacial score (nSPS) is 10.6. The second kappa shape index (κ2) is 6.18. The van der Waals surface area contributed by atoms with Crippen molar-refractivity contribution in [3.05, 3.63) is 64.8 Å². The molecule has 3 rings (SSSR count). The Bertz CT molecular complexity index is 862. The number of amides is 1. The average Bonchev–Trinajstić information content (AvgIpc) is 2.94. The minimum atomic E-state index is -0.673. The molecule has 0 saturated carbocycles. The number of benzene rings is 2. The lowest BCUT2D eigenvalue weighted by Gasteiger charge is -2.06. The van der Waals surface area contributed by atoms with Crippen molar-refractivity contribution in [2.24, 2.45) is 0 Å². The molecule has 0 aliphatic rings. The van der Waals surface area contributed by atoms with Gasteiger partial charge in [0.15, 0.2) is 0 Å². The van der Waals surface area contributed by atoms with Crippen LogP contribution in [0, 0.1) is 12.7 Å². The summed E-state index contributed by atoms with van der Waals surface area (Å²) in [5.41, 5.74) is 1.16. The highest BCUT2D eigenvalue weighted by Gasteiger charge is 2.12. The Hall–Kier alpha value is -2.73. The van der Waals surface area contributed by atoms with E-state index in [-0.39, 0.29) is 10.6 Å². The summed E-state index contributed by atoms with van der Waals surface area (Å²) in [5.74, 6) is -0.367. The summed E-state index contributed by atoms with van der Waals surface area (Å²) in [7, 11) is 0. The first-order valence-corrected chi connectivity index (χ1v) is 7.07. The molecule has 2 aromatic carbocycles. The second-order valence-corrected chi connectivity index (χ2v) is 5.22. The van der Waals surface area contributed by atoms with Crippen LogP contribution in [0.5, 0.6) is 0 Å². The summed E-state index contributed by atoms with van der Waals surface area (Å²) >= 11 is 5.67. The monoisotopic (exact) mass is 331 g/mol. The number of hydrogen-bond acceptors (Lipinski definition) is 4. The Labute approximate surface area is 136 Å². The third kappa shape index (κ3) is 3.37. The van der Waals surface area contributed by atoms with E-state index in [0.717, 1.165) is 11.6 Å². The van der Waals surface area contributed by atoms with Crippen molar-refractivity contribution in [1.29, 1.82) is 0 Å². The Morgan fingerprint density at radius 1 is 1.17 bits per heavy atom. The molecule has 0 saturated heterocycles. The van der Waals surface area contributed by atoms with Gasteiger partial charge in [-0.2, -0.15) is 0 Å². The zero-order valence-corrected chi connectivity index (χ0v) is 12.8. The van der Waals surface area contributed by atoms with Crippen molar-refractivity contribution >= 4 is 23.2 Å². The Balaban J connectivity index is 1.76. The minimum Gasteiger partial charge on any atom is -0.421 e. The minimum absolute atomic E-state index is 0.0778. The van der Waals surface area contributed by atoms with E-state index < -0.39 is 11.7 Å². The summed E-state index contributed by atoms with van der Waals surface area (Å²) in [5, 5.41) is 10.5. The van der Waals surface area contributed by atoms with Gasteiger partial charge in [-0.05, 0) is 42.5 Å². The molecule has 116 valence electrons. The summed E-state index contributed by atoms with van der Waals surface area (Å²) in [6.45, 7) is 1.70. The first-order valence-electron chi connectivity index (χ1n) is 6.70. The van der Waals surface area contributed by atoms with Crippen molar-refractivity contribution in [1.82, 2.24) is 10.2 Å². The van der Waals surface area contributed by atoms with Crippen LogP contribution in [0.4, 0.5) is 10.1 Å². The molecule has 0 radical (unpaired) electrons. The molecule has 1 N–H and O–H groups in total. The van der Waals surface area contributed by atoms with Gasteiger partial charge in [0, 0.05) is 23.2 Å². The highest BCUT2D eigenvalue weighted by Crippen LogP contribution is 2.21. The van der Waals surface area contributed by atoms with Gasteiger partial charge in [0.05, 0.1) is 5.56 Å². The van der Waals surface area contributed by atoms with Crippen LogP contribution >= 0.6 is 11.6 Å². The van der Waals surface area contributed by atoms with Crippen LogP contribution in [0.1, 0.15) is 16.2 Å². The molecule has 3 aromatic rings. The van der Waals surface area contributed by atoms with E-state index in [1.165, 1.54) is 12.1 Å². The maximum Gasteiger partial charge on any atom is 0.258 e. The van der Waals surface area contributed by atoms with E-state index in [1.54, 1.807) is 31.2 Å². The largest absolute Gasteiger partial charge is 0.421 e. The van der Waals surface area contributed by atoms with E-state index in [0.29, 0.717) is 17.5 Å². The Morgan fingerprint density at radius 2 is 1.91 bits per heavy atom. The molecule has 1 amide bonds. The maximum absolute atomic E-state index is 13.7. The van der Waals surface area contributed by atoms with E-state index in [1.807, 2.05) is 0 Å². The number of halogens is 2. The number of anilines is 1. The predicted octanol–water partition coefficient (Wildman–Crippen LogP) is 4.09. The number of hydrogen-bond donors (Lipinski definition) is 1. The predicted molar refractivity (Wildman–Crippen MR) is 83.8 cm³/mol. The SMILES string of the molecule is Cc1nnc(-c2ccc(NC(=O)c3ccc(Cl)cc3F)cc2)o1. The van der Waals surface area contributed by atoms with E-state index in [9.17, 15) is 9.18 Å². The highest BCUT2D eigenvalue weighted by molar-refractivity contribution is 6.30. The number of aromatic nitrogens is 2. The number of aryl methyl sites for hydroxylation is 1. The van der Waals surface area contributed by atoms with Gasteiger partial charge in [-0.3, -0.25) is 4.79 Å². The fraction of sp³-hybridized carbons (Fsp3) is 0.0625. The summed E-state index contributed by atoms with van der Waals surface area (Å²) in [4.78, 5) is 12.1. The van der Waals surface area contributed by atoms with Crippen LogP contribution in [-0.2, 0) is 0 Å². The van der Waals surface area contributed by atoms with Gasteiger partial charge in [-0.15, -0.1) is 10.2 Å². The standard InChI is InChI=1S/C16H11ClFN3O2/c1-9-20-21-16(23-9)10-2-5-12(6-3-10)19-15(22)13-7-4-11(17)8-14(13)18/h2-8H,1H3,(H,19,22). The molecule has 0 atom stereocenters. The number of carbonyl (C=O) groups is 1. The lowest BCUT2D eigenvalue weighted by atomic mass is 10.1. The number of nitrogens with zero attached hydrogens (tertiary/aromatic N) is 2. The molecule has 0 spiro atoms. The molecule has 0 bridgehead atoms. The highest BCUT2D eigenvalue weighted by atomic mass is 35.5. The fourth-order valence-corrected chi connectivity index (χ4v) is 2.14. The molecule has 5 nitrogen and oxygen atoms in total. The van der Waals surface area contributed by atoms with Gasteiger partial charge in [-0.25, -0.2) is 4.39 Å². The van der Waals surface area contributed by atoms with Crippen LogP contribution in [-0.4, -0.2) is 16.1 Å². The molecule has 7 heteroatoms. The first kappa shape index (κ1) is 15.2. The summed E-state index contributed by atoms with van der Waals surface area (Å²) < 4.78 is 19.0. The van der Waals surface area contributed by atoms with Crippen molar-refractivity contribution in [3.8, 4) is 11.5 Å². The van der Waals surface area contributed by atoms with E-state index in [4.69, 9.17) is 16.0 Å². The third-order valence-corrected chi connectivity index (χ3v) is 3.33. The van der Waals surface area contributed by atoms with Crippen LogP contribution in [0.3, 0.4) is 0 Å².